The highest BCUT2D eigenvalue weighted by molar-refractivity contribution is 5.58. The molecule has 1 aliphatic carbocycles. The number of aryl methyl sites for hydroxylation is 1. The van der Waals surface area contributed by atoms with E-state index in [2.05, 4.69) is 51.9 Å². The summed E-state index contributed by atoms with van der Waals surface area (Å²) in [6.07, 6.45) is 4.72. The van der Waals surface area contributed by atoms with E-state index in [1.165, 1.54) is 29.8 Å². The van der Waals surface area contributed by atoms with Crippen molar-refractivity contribution >= 4 is 5.69 Å². The predicted octanol–water partition coefficient (Wildman–Crippen LogP) is 3.02. The molecule has 5 nitrogen and oxygen atoms in total. The minimum Gasteiger partial charge on any atom is -0.495 e. The molecule has 0 spiro atoms. The molecule has 0 bridgehead atoms. The number of hydrogen-bond donors (Lipinski definition) is 0. The molecule has 1 saturated carbocycles. The summed E-state index contributed by atoms with van der Waals surface area (Å²) < 4.78 is 7.63. The zero-order valence-corrected chi connectivity index (χ0v) is 15.5. The quantitative estimate of drug-likeness (QED) is 0.838. The molecule has 5 heteroatoms. The molecule has 1 aromatic heterocycles. The van der Waals surface area contributed by atoms with E-state index >= 15 is 0 Å². The van der Waals surface area contributed by atoms with Gasteiger partial charge in [-0.3, -0.25) is 9.58 Å². The van der Waals surface area contributed by atoms with Crippen LogP contribution in [0.15, 0.2) is 30.5 Å². The van der Waals surface area contributed by atoms with E-state index in [-0.39, 0.29) is 0 Å². The fourth-order valence-corrected chi connectivity index (χ4v) is 4.06. The molecule has 1 atom stereocenters. The number of methoxy groups -OCH3 is 1. The average Bonchev–Trinajstić information content (AvgIpc) is 3.40. The number of aromatic nitrogens is 2. The summed E-state index contributed by atoms with van der Waals surface area (Å²) in [4.78, 5) is 5.04. The van der Waals surface area contributed by atoms with E-state index in [0.29, 0.717) is 6.04 Å². The minimum absolute atomic E-state index is 0.505. The largest absolute Gasteiger partial charge is 0.495 e. The molecule has 0 N–H and O–H groups in total. The number of para-hydroxylation sites is 2. The van der Waals surface area contributed by atoms with Crippen LogP contribution in [0.2, 0.25) is 0 Å². The molecular weight excluding hydrogens is 312 g/mol. The van der Waals surface area contributed by atoms with Crippen LogP contribution in [0.4, 0.5) is 5.69 Å². The Hall–Kier alpha value is -2.01. The lowest BCUT2D eigenvalue weighted by Gasteiger charge is -2.41. The second-order valence-corrected chi connectivity index (χ2v) is 7.39. The molecule has 0 amide bonds. The van der Waals surface area contributed by atoms with Crippen molar-refractivity contribution in [2.45, 2.75) is 38.3 Å². The first-order chi connectivity index (χ1) is 12.2. The van der Waals surface area contributed by atoms with Gasteiger partial charge in [-0.05, 0) is 31.9 Å². The monoisotopic (exact) mass is 340 g/mol. The molecule has 4 rings (SSSR count). The van der Waals surface area contributed by atoms with Crippen molar-refractivity contribution in [1.29, 1.82) is 0 Å². The lowest BCUT2D eigenvalue weighted by molar-refractivity contribution is 0.180. The zero-order valence-electron chi connectivity index (χ0n) is 15.5. The number of hydrogen-bond acceptors (Lipinski definition) is 4. The van der Waals surface area contributed by atoms with Crippen molar-refractivity contribution in [3.63, 3.8) is 0 Å². The Morgan fingerprint density at radius 3 is 2.72 bits per heavy atom. The van der Waals surface area contributed by atoms with Gasteiger partial charge in [-0.1, -0.05) is 12.1 Å². The van der Waals surface area contributed by atoms with Crippen molar-refractivity contribution in [1.82, 2.24) is 14.7 Å². The van der Waals surface area contributed by atoms with Crippen LogP contribution in [0.25, 0.3) is 0 Å². The van der Waals surface area contributed by atoms with Gasteiger partial charge in [0, 0.05) is 56.4 Å². The smallest absolute Gasteiger partial charge is 0.142 e. The average molecular weight is 340 g/mol. The van der Waals surface area contributed by atoms with Gasteiger partial charge in [-0.15, -0.1) is 0 Å². The van der Waals surface area contributed by atoms with Gasteiger partial charge in [0.25, 0.3) is 0 Å². The Balaban J connectivity index is 1.45. The summed E-state index contributed by atoms with van der Waals surface area (Å²) >= 11 is 0. The van der Waals surface area contributed by atoms with Crippen molar-refractivity contribution in [2.24, 2.45) is 7.05 Å². The maximum absolute atomic E-state index is 5.54. The third kappa shape index (κ3) is 3.25. The van der Waals surface area contributed by atoms with Crippen LogP contribution >= 0.6 is 0 Å². The van der Waals surface area contributed by atoms with Crippen molar-refractivity contribution < 1.29 is 4.74 Å². The third-order valence-corrected chi connectivity index (χ3v) is 5.59. The Morgan fingerprint density at radius 1 is 1.20 bits per heavy atom. The van der Waals surface area contributed by atoms with E-state index in [0.717, 1.165) is 37.8 Å². The SMILES string of the molecule is COc1ccccc1N1CCN(Cc2cnn(C)c2C2CC2)[C@H](C)C1. The topological polar surface area (TPSA) is 33.5 Å². The highest BCUT2D eigenvalue weighted by Crippen LogP contribution is 2.41. The van der Waals surface area contributed by atoms with Crippen LogP contribution in [-0.2, 0) is 13.6 Å². The molecule has 2 aliphatic rings. The van der Waals surface area contributed by atoms with Gasteiger partial charge in [0.1, 0.15) is 5.75 Å². The van der Waals surface area contributed by atoms with Crippen molar-refractivity contribution in [2.75, 3.05) is 31.6 Å². The van der Waals surface area contributed by atoms with Crippen LogP contribution in [0.1, 0.15) is 36.9 Å². The lowest BCUT2D eigenvalue weighted by atomic mass is 10.1. The van der Waals surface area contributed by atoms with Gasteiger partial charge in [-0.2, -0.15) is 5.10 Å². The zero-order chi connectivity index (χ0) is 17.4. The highest BCUT2D eigenvalue weighted by atomic mass is 16.5. The maximum Gasteiger partial charge on any atom is 0.142 e. The molecule has 0 radical (unpaired) electrons. The molecular formula is C20H28N4O. The molecule has 0 unspecified atom stereocenters. The lowest BCUT2D eigenvalue weighted by Crippen LogP contribution is -2.51. The first-order valence-electron chi connectivity index (χ1n) is 9.30. The summed E-state index contributed by atoms with van der Waals surface area (Å²) in [6, 6.07) is 8.83. The maximum atomic E-state index is 5.54. The molecule has 2 aromatic rings. The molecule has 134 valence electrons. The second kappa shape index (κ2) is 6.71. The third-order valence-electron chi connectivity index (χ3n) is 5.59. The first kappa shape index (κ1) is 16.5. The Morgan fingerprint density at radius 2 is 2.00 bits per heavy atom. The van der Waals surface area contributed by atoms with E-state index in [4.69, 9.17) is 4.74 Å². The summed E-state index contributed by atoms with van der Waals surface area (Å²) in [5.41, 5.74) is 4.08. The van der Waals surface area contributed by atoms with Gasteiger partial charge in [0.2, 0.25) is 0 Å². The Bertz CT molecular complexity index is 737. The van der Waals surface area contributed by atoms with Crippen LogP contribution in [0, 0.1) is 0 Å². The van der Waals surface area contributed by atoms with Gasteiger partial charge >= 0.3 is 0 Å². The number of nitrogens with zero attached hydrogens (tertiary/aromatic N) is 4. The molecule has 25 heavy (non-hydrogen) atoms. The number of benzene rings is 1. The summed E-state index contributed by atoms with van der Waals surface area (Å²) in [5.74, 6) is 1.71. The van der Waals surface area contributed by atoms with Gasteiger partial charge in [0.15, 0.2) is 0 Å². The Kier molecular flexibility index (Phi) is 4.42. The van der Waals surface area contributed by atoms with Crippen LogP contribution in [0.5, 0.6) is 5.75 Å². The highest BCUT2D eigenvalue weighted by Gasteiger charge is 2.31. The molecule has 2 fully saturated rings. The number of ether oxygens (including phenoxy) is 1. The minimum atomic E-state index is 0.505. The fourth-order valence-electron chi connectivity index (χ4n) is 4.06. The standard InChI is InChI=1S/C20H28N4O/c1-15-13-24(18-6-4-5-7-19(18)25-3)11-10-23(15)14-17-12-21-22(2)20(17)16-8-9-16/h4-7,12,15-16H,8-11,13-14H2,1-3H3/t15-/m1/s1. The van der Waals surface area contributed by atoms with Gasteiger partial charge in [-0.25, -0.2) is 0 Å². The normalized spacial score (nSPS) is 21.6. The fraction of sp³-hybridized carbons (Fsp3) is 0.550. The summed E-state index contributed by atoms with van der Waals surface area (Å²) in [5, 5.41) is 4.52. The van der Waals surface area contributed by atoms with Crippen LogP contribution in [0.3, 0.4) is 0 Å². The summed E-state index contributed by atoms with van der Waals surface area (Å²) in [7, 11) is 3.83. The van der Waals surface area contributed by atoms with Crippen LogP contribution < -0.4 is 9.64 Å². The molecule has 1 saturated heterocycles. The van der Waals surface area contributed by atoms with Gasteiger partial charge in [0.05, 0.1) is 19.0 Å². The first-order valence-corrected chi connectivity index (χ1v) is 9.30. The number of anilines is 1. The second-order valence-electron chi connectivity index (χ2n) is 7.39. The Labute approximate surface area is 150 Å². The van der Waals surface area contributed by atoms with E-state index in [9.17, 15) is 0 Å². The summed E-state index contributed by atoms with van der Waals surface area (Å²) in [6.45, 7) is 6.47. The number of piperazine rings is 1. The molecule has 2 heterocycles. The number of rotatable bonds is 5. The van der Waals surface area contributed by atoms with Crippen molar-refractivity contribution in [3.8, 4) is 5.75 Å². The molecule has 1 aromatic carbocycles. The van der Waals surface area contributed by atoms with E-state index in [1.54, 1.807) is 7.11 Å². The van der Waals surface area contributed by atoms with Gasteiger partial charge < -0.3 is 9.64 Å². The van der Waals surface area contributed by atoms with Crippen molar-refractivity contribution in [3.05, 3.63) is 41.7 Å². The molecule has 1 aliphatic heterocycles. The van der Waals surface area contributed by atoms with Crippen LogP contribution in [-0.4, -0.2) is 47.5 Å². The predicted molar refractivity (Wildman–Crippen MR) is 100 cm³/mol. The van der Waals surface area contributed by atoms with E-state index in [1.807, 2.05) is 12.1 Å². The van der Waals surface area contributed by atoms with E-state index < -0.39 is 0 Å².